The molecule has 4 heterocycles. The van der Waals surface area contributed by atoms with Crippen molar-refractivity contribution < 1.29 is 19.0 Å². The van der Waals surface area contributed by atoms with E-state index in [4.69, 9.17) is 14.2 Å². The zero-order chi connectivity index (χ0) is 38.4. The van der Waals surface area contributed by atoms with Crippen LogP contribution in [-0.2, 0) is 17.8 Å². The molecule has 0 unspecified atom stereocenters. The molecule has 2 saturated heterocycles. The lowest BCUT2D eigenvalue weighted by atomic mass is 10.1. The minimum absolute atomic E-state index is 0.234. The molecule has 0 aliphatic carbocycles. The Morgan fingerprint density at radius 1 is 0.673 bits per heavy atom. The van der Waals surface area contributed by atoms with Gasteiger partial charge in [-0.2, -0.15) is 0 Å². The largest absolute Gasteiger partial charge is 0.444 e. The number of para-hydroxylation sites is 2. The van der Waals surface area contributed by atoms with Crippen LogP contribution in [-0.4, -0.2) is 88.7 Å². The van der Waals surface area contributed by atoms with Gasteiger partial charge in [0.25, 0.3) is 10.4 Å². The molecule has 2 aliphatic heterocycles. The van der Waals surface area contributed by atoms with Gasteiger partial charge in [-0.1, -0.05) is 71.2 Å². The number of rotatable bonds is 8. The van der Waals surface area contributed by atoms with Crippen molar-refractivity contribution in [1.82, 2.24) is 30.0 Å². The Kier molecular flexibility index (Phi) is 12.3. The van der Waals surface area contributed by atoms with Gasteiger partial charge in [-0.25, -0.2) is 14.8 Å². The first-order valence-corrected chi connectivity index (χ1v) is 20.6. The first kappa shape index (κ1) is 38.7. The fourth-order valence-electron chi connectivity index (χ4n) is 6.52. The first-order valence-electron chi connectivity index (χ1n) is 18.9. The number of thiazole rings is 2. The van der Waals surface area contributed by atoms with E-state index in [-0.39, 0.29) is 6.09 Å². The van der Waals surface area contributed by atoms with Crippen LogP contribution in [0.4, 0.5) is 4.79 Å². The van der Waals surface area contributed by atoms with Gasteiger partial charge in [0.15, 0.2) is 0 Å². The molecule has 2 fully saturated rings. The van der Waals surface area contributed by atoms with E-state index in [2.05, 4.69) is 87.5 Å². The highest BCUT2D eigenvalue weighted by Crippen LogP contribution is 2.35. The molecular formula is C43H50N6O4S2. The molecule has 0 saturated carbocycles. The number of benzene rings is 4. The van der Waals surface area contributed by atoms with Crippen LogP contribution in [0.5, 0.6) is 21.9 Å². The lowest BCUT2D eigenvalue weighted by Crippen LogP contribution is -2.49. The van der Waals surface area contributed by atoms with Gasteiger partial charge in [-0.15, -0.1) is 0 Å². The second kappa shape index (κ2) is 17.5. The summed E-state index contributed by atoms with van der Waals surface area (Å²) in [5.74, 6) is 1.77. The molecule has 4 aromatic carbocycles. The zero-order valence-electron chi connectivity index (χ0n) is 32.3. The van der Waals surface area contributed by atoms with E-state index in [1.807, 2.05) is 57.2 Å². The summed E-state index contributed by atoms with van der Waals surface area (Å²) in [5, 5.41) is 4.76. The highest BCUT2D eigenvalue weighted by Gasteiger charge is 2.26. The van der Waals surface area contributed by atoms with Crippen LogP contribution in [0.15, 0.2) is 84.9 Å². The van der Waals surface area contributed by atoms with Crippen molar-refractivity contribution in [2.24, 2.45) is 0 Å². The summed E-state index contributed by atoms with van der Waals surface area (Å²) >= 11 is 3.15. The summed E-state index contributed by atoms with van der Waals surface area (Å²) in [4.78, 5) is 28.1. The SMILES string of the molecule is Cc1ccc(CN2CCN(C(=O)OC(C)(C)C)CC2)c(Oc2nc3ccccc3s2)c1.Cc1ccc(CN2CCNCC2)c(Oc2nc3ccccc3s2)c1. The summed E-state index contributed by atoms with van der Waals surface area (Å²) in [5.41, 5.74) is 6.18. The number of carbonyl (C=O) groups excluding carboxylic acids is 1. The third kappa shape index (κ3) is 10.6. The predicted molar refractivity (Wildman–Crippen MR) is 223 cm³/mol. The van der Waals surface area contributed by atoms with Gasteiger partial charge in [-0.3, -0.25) is 9.80 Å². The number of ether oxygens (including phenoxy) is 3. The van der Waals surface area contributed by atoms with Crippen LogP contribution in [0.2, 0.25) is 0 Å². The summed E-state index contributed by atoms with van der Waals surface area (Å²) < 4.78 is 20.2. The third-order valence-corrected chi connectivity index (χ3v) is 11.2. The van der Waals surface area contributed by atoms with Gasteiger partial charge in [0.05, 0.1) is 20.4 Å². The van der Waals surface area contributed by atoms with E-state index in [1.54, 1.807) is 27.6 Å². The molecule has 12 heteroatoms. The highest BCUT2D eigenvalue weighted by atomic mass is 32.1. The Morgan fingerprint density at radius 3 is 1.62 bits per heavy atom. The fourth-order valence-corrected chi connectivity index (χ4v) is 8.18. The summed E-state index contributed by atoms with van der Waals surface area (Å²) in [6.07, 6.45) is -0.234. The van der Waals surface area contributed by atoms with Crippen molar-refractivity contribution in [3.05, 3.63) is 107 Å². The summed E-state index contributed by atoms with van der Waals surface area (Å²) in [6.45, 7) is 18.7. The van der Waals surface area contributed by atoms with Crippen molar-refractivity contribution in [3.63, 3.8) is 0 Å². The number of aryl methyl sites for hydroxylation is 2. The molecule has 1 amide bonds. The van der Waals surface area contributed by atoms with E-state index in [0.29, 0.717) is 23.5 Å². The number of aromatic nitrogens is 2. The van der Waals surface area contributed by atoms with Crippen molar-refractivity contribution in [2.45, 2.75) is 53.3 Å². The minimum Gasteiger partial charge on any atom is -0.444 e. The number of amides is 1. The van der Waals surface area contributed by atoms with Gasteiger partial charge < -0.3 is 24.4 Å². The summed E-state index contributed by atoms with van der Waals surface area (Å²) in [7, 11) is 0. The van der Waals surface area contributed by atoms with Crippen LogP contribution in [0, 0.1) is 13.8 Å². The topological polar surface area (TPSA) is 92.3 Å². The molecule has 8 rings (SSSR count). The van der Waals surface area contributed by atoms with E-state index in [0.717, 1.165) is 95.4 Å². The Hall–Kier alpha value is -4.59. The number of piperazine rings is 2. The number of nitrogens with zero attached hydrogens (tertiary/aromatic N) is 5. The molecule has 1 N–H and O–H groups in total. The molecule has 10 nitrogen and oxygen atoms in total. The van der Waals surface area contributed by atoms with Gasteiger partial charge in [0, 0.05) is 76.6 Å². The van der Waals surface area contributed by atoms with Gasteiger partial charge in [0.2, 0.25) is 0 Å². The number of carbonyl (C=O) groups is 1. The van der Waals surface area contributed by atoms with Crippen LogP contribution in [0.25, 0.3) is 20.4 Å². The summed E-state index contributed by atoms with van der Waals surface area (Å²) in [6, 6.07) is 29.0. The van der Waals surface area contributed by atoms with Crippen molar-refractivity contribution >= 4 is 49.2 Å². The molecule has 0 radical (unpaired) electrons. The van der Waals surface area contributed by atoms with Crippen LogP contribution < -0.4 is 14.8 Å². The van der Waals surface area contributed by atoms with Gasteiger partial charge >= 0.3 is 6.09 Å². The van der Waals surface area contributed by atoms with E-state index in [9.17, 15) is 4.79 Å². The standard InChI is InChI=1S/C24H29N3O3S.C19H21N3OS/c1-17-9-10-18(16-26-11-13-27(14-12-26)23(28)30-24(2,3)4)20(15-17)29-22-25-19-7-5-6-8-21(19)31-22;1-14-6-7-15(13-22-10-8-20-9-11-22)17(12-14)23-19-21-16-4-2-3-5-18(16)24-19/h5-10,15H,11-14,16H2,1-4H3;2-7,12,20H,8-11,13H2,1H3. The smallest absolute Gasteiger partial charge is 0.410 e. The molecular weight excluding hydrogens is 729 g/mol. The van der Waals surface area contributed by atoms with Gasteiger partial charge in [-0.05, 0) is 82.1 Å². The van der Waals surface area contributed by atoms with Crippen molar-refractivity contribution in [3.8, 4) is 21.9 Å². The fraction of sp³-hybridized carbons (Fsp3) is 0.372. The Morgan fingerprint density at radius 2 is 1.15 bits per heavy atom. The molecule has 0 spiro atoms. The number of hydrogen-bond acceptors (Lipinski definition) is 11. The van der Waals surface area contributed by atoms with Crippen molar-refractivity contribution in [1.29, 1.82) is 0 Å². The number of nitrogens with one attached hydrogen (secondary N) is 1. The highest BCUT2D eigenvalue weighted by molar-refractivity contribution is 7.20. The van der Waals surface area contributed by atoms with E-state index >= 15 is 0 Å². The maximum absolute atomic E-state index is 12.3. The lowest BCUT2D eigenvalue weighted by molar-refractivity contribution is 0.0138. The Balaban J connectivity index is 0.000000174. The van der Waals surface area contributed by atoms with Crippen LogP contribution in [0.1, 0.15) is 43.0 Å². The molecule has 2 aliphatic rings. The van der Waals surface area contributed by atoms with Crippen LogP contribution in [0.3, 0.4) is 0 Å². The van der Waals surface area contributed by atoms with E-state index in [1.165, 1.54) is 11.1 Å². The Bertz CT molecular complexity index is 2150. The first-order chi connectivity index (χ1) is 26.5. The van der Waals surface area contributed by atoms with Crippen molar-refractivity contribution in [2.75, 3.05) is 52.4 Å². The lowest BCUT2D eigenvalue weighted by Gasteiger charge is -2.35. The third-order valence-electron chi connectivity index (χ3n) is 9.41. The number of hydrogen-bond donors (Lipinski definition) is 1. The quantitative estimate of drug-likeness (QED) is 0.162. The monoisotopic (exact) mass is 778 g/mol. The predicted octanol–water partition coefficient (Wildman–Crippen LogP) is 9.25. The maximum atomic E-state index is 12.3. The second-order valence-corrected chi connectivity index (χ2v) is 17.1. The molecule has 55 heavy (non-hydrogen) atoms. The average molecular weight is 779 g/mol. The molecule has 2 aromatic heterocycles. The number of fused-ring (bicyclic) bond motifs is 2. The Labute approximate surface area is 331 Å². The molecule has 0 bridgehead atoms. The molecule has 0 atom stereocenters. The van der Waals surface area contributed by atoms with E-state index < -0.39 is 5.60 Å². The average Bonchev–Trinajstić information content (AvgIpc) is 3.77. The van der Waals surface area contributed by atoms with Gasteiger partial charge in [0.1, 0.15) is 17.1 Å². The second-order valence-electron chi connectivity index (χ2n) is 15.1. The minimum atomic E-state index is -0.469. The normalized spacial score (nSPS) is 15.5. The molecule has 6 aromatic rings. The molecule has 288 valence electrons. The zero-order valence-corrected chi connectivity index (χ0v) is 34.0. The van der Waals surface area contributed by atoms with Crippen LogP contribution >= 0.6 is 22.7 Å². The maximum Gasteiger partial charge on any atom is 0.410 e.